The number of rotatable bonds is 7. The summed E-state index contributed by atoms with van der Waals surface area (Å²) in [6, 6.07) is 4.91. The van der Waals surface area contributed by atoms with E-state index in [4.69, 9.17) is 0 Å². The molecule has 1 amide bonds. The Labute approximate surface area is 124 Å². The van der Waals surface area contributed by atoms with Crippen LogP contribution in [0.1, 0.15) is 43.5 Å². The normalized spacial score (nSPS) is 19.9. The van der Waals surface area contributed by atoms with Gasteiger partial charge in [-0.25, -0.2) is 0 Å². The van der Waals surface area contributed by atoms with Crippen LogP contribution in [0.25, 0.3) is 0 Å². The third kappa shape index (κ3) is 3.71. The molecule has 1 saturated carbocycles. The number of carbonyl (C=O) groups is 1. The van der Waals surface area contributed by atoms with Crippen LogP contribution in [0.3, 0.4) is 0 Å². The van der Waals surface area contributed by atoms with Gasteiger partial charge in [0, 0.05) is 24.2 Å². The minimum atomic E-state index is -0.442. The van der Waals surface area contributed by atoms with Crippen molar-refractivity contribution in [2.75, 3.05) is 11.9 Å². The highest BCUT2D eigenvalue weighted by molar-refractivity contribution is 5.95. The third-order valence-corrected chi connectivity index (χ3v) is 3.72. The van der Waals surface area contributed by atoms with Crippen LogP contribution in [-0.4, -0.2) is 23.4 Å². The van der Waals surface area contributed by atoms with E-state index in [-0.39, 0.29) is 11.6 Å². The molecule has 0 spiro atoms. The van der Waals surface area contributed by atoms with Crippen LogP contribution in [-0.2, 0) is 0 Å². The van der Waals surface area contributed by atoms with Crippen molar-refractivity contribution in [3.63, 3.8) is 0 Å². The van der Waals surface area contributed by atoms with Gasteiger partial charge in [-0.1, -0.05) is 13.3 Å². The highest BCUT2D eigenvalue weighted by Crippen LogP contribution is 2.39. The second-order valence-electron chi connectivity index (χ2n) is 5.38. The fraction of sp³-hybridized carbons (Fsp3) is 0.533. The maximum Gasteiger partial charge on any atom is 0.293 e. The summed E-state index contributed by atoms with van der Waals surface area (Å²) in [7, 11) is 0. The van der Waals surface area contributed by atoms with Crippen molar-refractivity contribution in [3.05, 3.63) is 33.9 Å². The van der Waals surface area contributed by atoms with Crippen molar-refractivity contribution in [1.82, 2.24) is 5.32 Å². The van der Waals surface area contributed by atoms with E-state index in [0.29, 0.717) is 29.8 Å². The monoisotopic (exact) mass is 291 g/mol. The molecular weight excluding hydrogens is 270 g/mol. The summed E-state index contributed by atoms with van der Waals surface area (Å²) in [4.78, 5) is 22.5. The lowest BCUT2D eigenvalue weighted by Crippen LogP contribution is -2.22. The van der Waals surface area contributed by atoms with Gasteiger partial charge >= 0.3 is 0 Å². The van der Waals surface area contributed by atoms with Gasteiger partial charge in [-0.15, -0.1) is 0 Å². The summed E-state index contributed by atoms with van der Waals surface area (Å²) in [5, 5.41) is 17.1. The average molecular weight is 291 g/mol. The molecule has 2 rings (SSSR count). The predicted molar refractivity (Wildman–Crippen MR) is 81.5 cm³/mol. The Morgan fingerprint density at radius 3 is 2.81 bits per heavy atom. The number of nitro benzene ring substituents is 1. The number of benzene rings is 1. The predicted octanol–water partition coefficient (Wildman–Crippen LogP) is 2.95. The van der Waals surface area contributed by atoms with E-state index in [2.05, 4.69) is 17.6 Å². The second-order valence-corrected chi connectivity index (χ2v) is 5.38. The van der Waals surface area contributed by atoms with Gasteiger partial charge in [0.25, 0.3) is 11.6 Å². The Hall–Kier alpha value is -2.11. The molecule has 6 nitrogen and oxygen atoms in total. The molecule has 114 valence electrons. The number of carbonyl (C=O) groups excluding carboxylic acids is 1. The van der Waals surface area contributed by atoms with Crippen molar-refractivity contribution in [2.24, 2.45) is 5.92 Å². The van der Waals surface area contributed by atoms with E-state index in [9.17, 15) is 14.9 Å². The van der Waals surface area contributed by atoms with Crippen LogP contribution in [0, 0.1) is 16.0 Å². The molecule has 1 aromatic rings. The molecule has 1 aliphatic rings. The van der Waals surface area contributed by atoms with Gasteiger partial charge in [0.15, 0.2) is 0 Å². The minimum Gasteiger partial charge on any atom is -0.376 e. The first-order valence-corrected chi connectivity index (χ1v) is 7.40. The highest BCUT2D eigenvalue weighted by Gasteiger charge is 2.37. The molecule has 0 aliphatic heterocycles. The topological polar surface area (TPSA) is 84.3 Å². The molecule has 0 bridgehead atoms. The Morgan fingerprint density at radius 1 is 1.43 bits per heavy atom. The summed E-state index contributed by atoms with van der Waals surface area (Å²) in [5.74, 6) is 0.320. The number of nitrogens with one attached hydrogen (secondary N) is 2. The van der Waals surface area contributed by atoms with Gasteiger partial charge in [0.2, 0.25) is 0 Å². The van der Waals surface area contributed by atoms with E-state index < -0.39 is 4.92 Å². The van der Waals surface area contributed by atoms with Gasteiger partial charge in [-0.2, -0.15) is 0 Å². The summed E-state index contributed by atoms with van der Waals surface area (Å²) >= 11 is 0. The van der Waals surface area contributed by atoms with Crippen molar-refractivity contribution in [3.8, 4) is 0 Å². The smallest absolute Gasteiger partial charge is 0.293 e. The van der Waals surface area contributed by atoms with E-state index in [1.165, 1.54) is 6.07 Å². The number of nitrogens with zero attached hydrogens (tertiary/aromatic N) is 1. The van der Waals surface area contributed by atoms with Crippen LogP contribution in [0.4, 0.5) is 11.4 Å². The lowest BCUT2D eigenvalue weighted by atomic mass is 10.1. The fourth-order valence-electron chi connectivity index (χ4n) is 2.52. The zero-order valence-corrected chi connectivity index (χ0v) is 12.4. The molecule has 21 heavy (non-hydrogen) atoms. The first kappa shape index (κ1) is 15.3. The van der Waals surface area contributed by atoms with E-state index in [1.54, 1.807) is 12.1 Å². The molecule has 0 heterocycles. The Balaban J connectivity index is 2.14. The molecule has 1 aliphatic carbocycles. The van der Waals surface area contributed by atoms with Crippen LogP contribution in [0.5, 0.6) is 0 Å². The van der Waals surface area contributed by atoms with Crippen molar-refractivity contribution >= 4 is 17.3 Å². The highest BCUT2D eigenvalue weighted by atomic mass is 16.6. The zero-order valence-electron chi connectivity index (χ0n) is 12.4. The molecule has 1 fully saturated rings. The summed E-state index contributed by atoms with van der Waals surface area (Å²) < 4.78 is 0. The average Bonchev–Trinajstić information content (AvgIpc) is 3.17. The molecule has 0 aromatic heterocycles. The largest absolute Gasteiger partial charge is 0.376 e. The first-order chi connectivity index (χ1) is 10.1. The van der Waals surface area contributed by atoms with Gasteiger partial charge < -0.3 is 10.6 Å². The van der Waals surface area contributed by atoms with Crippen LogP contribution in [0.15, 0.2) is 18.2 Å². The van der Waals surface area contributed by atoms with Crippen molar-refractivity contribution in [2.45, 2.75) is 39.2 Å². The number of hydrogen-bond donors (Lipinski definition) is 2. The van der Waals surface area contributed by atoms with E-state index in [0.717, 1.165) is 19.3 Å². The van der Waals surface area contributed by atoms with E-state index >= 15 is 0 Å². The van der Waals surface area contributed by atoms with Gasteiger partial charge in [-0.3, -0.25) is 14.9 Å². The molecule has 2 unspecified atom stereocenters. The molecular formula is C15H21N3O3. The Kier molecular flexibility index (Phi) is 4.77. The number of hydrogen-bond acceptors (Lipinski definition) is 4. The standard InChI is InChI=1S/C15H21N3O3/c1-3-5-10-8-13(10)17-12-7-6-11(15(19)16-4-2)9-14(12)18(20)21/h6-7,9-10,13,17H,3-5,8H2,1-2H3,(H,16,19). The lowest BCUT2D eigenvalue weighted by molar-refractivity contribution is -0.384. The van der Waals surface area contributed by atoms with Crippen molar-refractivity contribution < 1.29 is 9.72 Å². The lowest BCUT2D eigenvalue weighted by Gasteiger charge is -2.08. The van der Waals surface area contributed by atoms with Crippen LogP contribution in [0.2, 0.25) is 0 Å². The van der Waals surface area contributed by atoms with E-state index in [1.807, 2.05) is 6.92 Å². The van der Waals surface area contributed by atoms with Crippen molar-refractivity contribution in [1.29, 1.82) is 0 Å². The maximum absolute atomic E-state index is 11.7. The Bertz CT molecular complexity index is 545. The van der Waals surface area contributed by atoms with Crippen LogP contribution < -0.4 is 10.6 Å². The maximum atomic E-state index is 11.7. The minimum absolute atomic E-state index is 0.0408. The number of anilines is 1. The third-order valence-electron chi connectivity index (χ3n) is 3.72. The molecule has 1 aromatic carbocycles. The Morgan fingerprint density at radius 2 is 2.19 bits per heavy atom. The second kappa shape index (κ2) is 6.56. The molecule has 0 radical (unpaired) electrons. The van der Waals surface area contributed by atoms with Gasteiger partial charge in [0.05, 0.1) is 4.92 Å². The number of nitro groups is 1. The quantitative estimate of drug-likeness (QED) is 0.597. The zero-order chi connectivity index (χ0) is 15.4. The molecule has 2 N–H and O–H groups in total. The SMILES string of the molecule is CCCC1CC1Nc1ccc(C(=O)NCC)cc1[N+](=O)[O-]. The summed E-state index contributed by atoms with van der Waals surface area (Å²) in [6.45, 7) is 4.44. The molecule has 0 saturated heterocycles. The first-order valence-electron chi connectivity index (χ1n) is 7.40. The van der Waals surface area contributed by atoms with Gasteiger partial charge in [-0.05, 0) is 37.8 Å². The molecule has 2 atom stereocenters. The summed E-state index contributed by atoms with van der Waals surface area (Å²) in [5.41, 5.74) is 0.771. The summed E-state index contributed by atoms with van der Waals surface area (Å²) in [6.07, 6.45) is 3.33. The fourth-order valence-corrected chi connectivity index (χ4v) is 2.52. The molecule has 6 heteroatoms. The van der Waals surface area contributed by atoms with Crippen LogP contribution >= 0.6 is 0 Å². The van der Waals surface area contributed by atoms with Gasteiger partial charge in [0.1, 0.15) is 5.69 Å². The number of amides is 1.